The number of carbonyl (C=O) groups excluding carboxylic acids is 1. The summed E-state index contributed by atoms with van der Waals surface area (Å²) in [6, 6.07) is 12.1. The van der Waals surface area contributed by atoms with Gasteiger partial charge in [-0.15, -0.1) is 0 Å². The number of nitrogens with one attached hydrogen (secondary N) is 2. The Morgan fingerprint density at radius 1 is 0.970 bits per heavy atom. The minimum Gasteiger partial charge on any atom is -0.351 e. The number of hydrogen-bond donors (Lipinski definition) is 2. The maximum Gasteiger partial charge on any atom is 0.251 e. The molecule has 0 spiro atoms. The predicted molar refractivity (Wildman–Crippen MR) is 131 cm³/mol. The van der Waals surface area contributed by atoms with Crippen LogP contribution in [0.5, 0.6) is 0 Å². The van der Waals surface area contributed by atoms with Crippen LogP contribution in [0.3, 0.4) is 0 Å². The van der Waals surface area contributed by atoms with Gasteiger partial charge in [0.15, 0.2) is 0 Å². The lowest BCUT2D eigenvalue weighted by Gasteiger charge is -2.22. The molecule has 0 unspecified atom stereocenters. The highest BCUT2D eigenvalue weighted by Gasteiger charge is 2.21. The molecule has 6 heteroatoms. The first kappa shape index (κ1) is 20.4. The molecule has 3 heterocycles. The van der Waals surface area contributed by atoms with Crippen LogP contribution in [0, 0.1) is 0 Å². The number of H-pyrrole nitrogens is 1. The SMILES string of the molecule is O=C(NCCN1CCCC1)c1ccc(-c2nc3ccc4[nH]ncc4c3c3c2CCCC3)cc1. The van der Waals surface area contributed by atoms with Gasteiger partial charge < -0.3 is 10.2 Å². The van der Waals surface area contributed by atoms with Crippen molar-refractivity contribution in [3.8, 4) is 11.3 Å². The van der Waals surface area contributed by atoms with Gasteiger partial charge in [-0.3, -0.25) is 9.89 Å². The molecule has 0 radical (unpaired) electrons. The summed E-state index contributed by atoms with van der Waals surface area (Å²) in [4.78, 5) is 20.1. The highest BCUT2D eigenvalue weighted by atomic mass is 16.1. The van der Waals surface area contributed by atoms with E-state index in [0.717, 1.165) is 60.2 Å². The van der Waals surface area contributed by atoms with Crippen molar-refractivity contribution in [1.82, 2.24) is 25.4 Å². The van der Waals surface area contributed by atoms with Gasteiger partial charge in [0.1, 0.15) is 0 Å². The quantitative estimate of drug-likeness (QED) is 0.481. The Kier molecular flexibility index (Phi) is 5.30. The Morgan fingerprint density at radius 3 is 2.58 bits per heavy atom. The lowest BCUT2D eigenvalue weighted by Crippen LogP contribution is -2.33. The van der Waals surface area contributed by atoms with Crippen molar-refractivity contribution >= 4 is 27.7 Å². The molecule has 1 saturated heterocycles. The summed E-state index contributed by atoms with van der Waals surface area (Å²) in [7, 11) is 0. The van der Waals surface area contributed by atoms with E-state index >= 15 is 0 Å². The molecule has 6 rings (SSSR count). The number of aryl methyl sites for hydroxylation is 1. The van der Waals surface area contributed by atoms with Gasteiger partial charge in [-0.1, -0.05) is 12.1 Å². The zero-order valence-corrected chi connectivity index (χ0v) is 18.9. The molecule has 1 aliphatic heterocycles. The molecular formula is C27H29N5O. The molecule has 0 atom stereocenters. The van der Waals surface area contributed by atoms with Gasteiger partial charge >= 0.3 is 0 Å². The zero-order valence-electron chi connectivity index (χ0n) is 18.9. The van der Waals surface area contributed by atoms with Crippen molar-refractivity contribution < 1.29 is 4.79 Å². The Hall–Kier alpha value is -3.25. The number of amides is 1. The van der Waals surface area contributed by atoms with Gasteiger partial charge in [0.05, 0.1) is 22.9 Å². The summed E-state index contributed by atoms with van der Waals surface area (Å²) in [5, 5.41) is 12.8. The Morgan fingerprint density at radius 2 is 1.76 bits per heavy atom. The van der Waals surface area contributed by atoms with Crippen LogP contribution in [0.25, 0.3) is 33.1 Å². The molecule has 2 aromatic heterocycles. The second kappa shape index (κ2) is 8.60. The van der Waals surface area contributed by atoms with E-state index in [4.69, 9.17) is 4.98 Å². The van der Waals surface area contributed by atoms with Crippen molar-refractivity contribution in [2.24, 2.45) is 0 Å². The van der Waals surface area contributed by atoms with Crippen LogP contribution < -0.4 is 5.32 Å². The van der Waals surface area contributed by atoms with E-state index in [1.165, 1.54) is 42.2 Å². The Balaban J connectivity index is 1.29. The Labute approximate surface area is 193 Å². The van der Waals surface area contributed by atoms with Crippen molar-refractivity contribution in [3.05, 3.63) is 59.3 Å². The molecule has 0 bridgehead atoms. The minimum absolute atomic E-state index is 0.00315. The van der Waals surface area contributed by atoms with Crippen molar-refractivity contribution in [2.75, 3.05) is 26.2 Å². The molecule has 168 valence electrons. The molecule has 1 fully saturated rings. The number of pyridine rings is 1. The largest absolute Gasteiger partial charge is 0.351 e. The van der Waals surface area contributed by atoms with Gasteiger partial charge in [-0.05, 0) is 87.0 Å². The third-order valence-electron chi connectivity index (χ3n) is 7.22. The van der Waals surface area contributed by atoms with Crippen LogP contribution in [0.4, 0.5) is 0 Å². The Bertz CT molecular complexity index is 1320. The van der Waals surface area contributed by atoms with Crippen LogP contribution >= 0.6 is 0 Å². The van der Waals surface area contributed by atoms with Crippen molar-refractivity contribution in [3.63, 3.8) is 0 Å². The van der Waals surface area contributed by atoms with Crippen LogP contribution in [-0.2, 0) is 12.8 Å². The number of aromatic nitrogens is 3. The summed E-state index contributed by atoms with van der Waals surface area (Å²) in [5.41, 5.74) is 7.68. The molecule has 2 N–H and O–H groups in total. The third-order valence-corrected chi connectivity index (χ3v) is 7.22. The summed E-state index contributed by atoms with van der Waals surface area (Å²) < 4.78 is 0. The highest BCUT2D eigenvalue weighted by molar-refractivity contribution is 6.07. The van der Waals surface area contributed by atoms with E-state index in [1.54, 1.807) is 0 Å². The number of likely N-dealkylation sites (tertiary alicyclic amines) is 1. The number of rotatable bonds is 5. The van der Waals surface area contributed by atoms with Crippen LogP contribution in [0.1, 0.15) is 47.2 Å². The summed E-state index contributed by atoms with van der Waals surface area (Å²) >= 11 is 0. The maximum atomic E-state index is 12.6. The van der Waals surface area contributed by atoms with Crippen molar-refractivity contribution in [2.45, 2.75) is 38.5 Å². The van der Waals surface area contributed by atoms with Gasteiger partial charge in [0.25, 0.3) is 5.91 Å². The fraction of sp³-hybridized carbons (Fsp3) is 0.370. The normalized spacial score (nSPS) is 16.4. The topological polar surface area (TPSA) is 73.9 Å². The standard InChI is InChI=1S/C27H29N5O/c33-27(28-13-16-32-14-3-4-15-32)19-9-7-18(8-10-19)26-21-6-2-1-5-20(21)25-22-17-29-31-23(22)11-12-24(25)30-26/h7-12,17H,1-6,13-16H2,(H,28,33)(H,29,31). The summed E-state index contributed by atoms with van der Waals surface area (Å²) in [5.74, 6) is -0.00315. The first-order chi connectivity index (χ1) is 16.3. The van der Waals surface area contributed by atoms with Gasteiger partial charge in [-0.2, -0.15) is 5.10 Å². The third kappa shape index (κ3) is 3.78. The lowest BCUT2D eigenvalue weighted by atomic mass is 9.85. The van der Waals surface area contributed by atoms with E-state index in [9.17, 15) is 4.79 Å². The van der Waals surface area contributed by atoms with Gasteiger partial charge in [0.2, 0.25) is 0 Å². The van der Waals surface area contributed by atoms with E-state index in [2.05, 4.69) is 44.7 Å². The van der Waals surface area contributed by atoms with Crippen LogP contribution in [0.2, 0.25) is 0 Å². The zero-order chi connectivity index (χ0) is 22.2. The number of hydrogen-bond acceptors (Lipinski definition) is 4. The number of benzene rings is 2. The summed E-state index contributed by atoms with van der Waals surface area (Å²) in [6.45, 7) is 3.93. The molecule has 2 aliphatic rings. The smallest absolute Gasteiger partial charge is 0.251 e. The van der Waals surface area contributed by atoms with E-state index in [0.29, 0.717) is 12.1 Å². The fourth-order valence-electron chi connectivity index (χ4n) is 5.50. The summed E-state index contributed by atoms with van der Waals surface area (Å²) in [6.07, 6.45) is 8.97. The monoisotopic (exact) mass is 439 g/mol. The van der Waals surface area contributed by atoms with E-state index < -0.39 is 0 Å². The van der Waals surface area contributed by atoms with E-state index in [1.807, 2.05) is 18.3 Å². The van der Waals surface area contributed by atoms with Gasteiger partial charge in [0, 0.05) is 35.0 Å². The lowest BCUT2D eigenvalue weighted by molar-refractivity contribution is 0.0950. The van der Waals surface area contributed by atoms with Crippen molar-refractivity contribution in [1.29, 1.82) is 0 Å². The average Bonchev–Trinajstić information content (AvgIpc) is 3.55. The van der Waals surface area contributed by atoms with E-state index in [-0.39, 0.29) is 5.91 Å². The predicted octanol–water partition coefficient (Wildman–Crippen LogP) is 4.48. The first-order valence-electron chi connectivity index (χ1n) is 12.2. The van der Waals surface area contributed by atoms with Gasteiger partial charge in [-0.25, -0.2) is 4.98 Å². The second-order valence-electron chi connectivity index (χ2n) is 9.30. The minimum atomic E-state index is -0.00315. The molecule has 4 aromatic rings. The fourth-order valence-corrected chi connectivity index (χ4v) is 5.50. The number of carbonyl (C=O) groups is 1. The van der Waals surface area contributed by atoms with Crippen LogP contribution in [-0.4, -0.2) is 52.2 Å². The molecule has 1 amide bonds. The number of aromatic amines is 1. The molecule has 2 aromatic carbocycles. The number of nitrogens with zero attached hydrogens (tertiary/aromatic N) is 3. The molecule has 33 heavy (non-hydrogen) atoms. The first-order valence-corrected chi connectivity index (χ1v) is 12.2. The maximum absolute atomic E-state index is 12.6. The molecular weight excluding hydrogens is 410 g/mol. The highest BCUT2D eigenvalue weighted by Crippen LogP contribution is 2.37. The second-order valence-corrected chi connectivity index (χ2v) is 9.30. The molecule has 1 aliphatic carbocycles. The molecule has 6 nitrogen and oxygen atoms in total. The average molecular weight is 440 g/mol. The molecule has 0 saturated carbocycles. The number of fused-ring (bicyclic) bond motifs is 5. The van der Waals surface area contributed by atoms with Crippen LogP contribution in [0.15, 0.2) is 42.6 Å².